The van der Waals surface area contributed by atoms with E-state index >= 15 is 0 Å². The number of hydrogen-bond donors (Lipinski definition) is 1. The van der Waals surface area contributed by atoms with Gasteiger partial charge in [-0.15, -0.1) is 0 Å². The van der Waals surface area contributed by atoms with Gasteiger partial charge in [-0.25, -0.2) is 0 Å². The lowest BCUT2D eigenvalue weighted by Gasteiger charge is -2.18. The van der Waals surface area contributed by atoms with Gasteiger partial charge in [0, 0.05) is 14.6 Å². The van der Waals surface area contributed by atoms with Crippen LogP contribution in [0.2, 0.25) is 0 Å². The largest absolute Gasteiger partial charge is 0.366 e. The Morgan fingerprint density at radius 2 is 1.86 bits per heavy atom. The first-order valence-corrected chi connectivity index (χ1v) is 8.22. The third-order valence-corrected chi connectivity index (χ3v) is 4.63. The summed E-state index contributed by atoms with van der Waals surface area (Å²) in [6.45, 7) is 2.24. The Morgan fingerprint density at radius 1 is 1.09 bits per heavy atom. The predicted octanol–water partition coefficient (Wildman–Crippen LogP) is 4.12. The molecule has 1 amide bonds. The number of Topliss-reactive ketones (excluding diaryl/α,β-unsaturated/α-hetero) is 1. The summed E-state index contributed by atoms with van der Waals surface area (Å²) >= 11 is 6.81. The Bertz CT molecular complexity index is 790. The summed E-state index contributed by atoms with van der Waals surface area (Å²) in [5, 5.41) is 3.18. The summed E-state index contributed by atoms with van der Waals surface area (Å²) in [7, 11) is 0. The Hall–Kier alpha value is -1.66. The number of aryl methyl sites for hydroxylation is 1. The van der Waals surface area contributed by atoms with Crippen LogP contribution < -0.4 is 10.2 Å². The van der Waals surface area contributed by atoms with E-state index in [1.807, 2.05) is 31.2 Å². The predicted molar refractivity (Wildman–Crippen MR) is 93.3 cm³/mol. The highest BCUT2D eigenvalue weighted by atomic mass is 79.9. The van der Waals surface area contributed by atoms with Gasteiger partial charge in [-0.2, -0.15) is 0 Å². The van der Waals surface area contributed by atoms with Gasteiger partial charge in [0.1, 0.15) is 0 Å². The molecule has 1 aliphatic heterocycles. The zero-order valence-corrected chi connectivity index (χ0v) is 14.9. The van der Waals surface area contributed by atoms with Crippen molar-refractivity contribution in [3.05, 3.63) is 56.5 Å². The first kappa shape index (κ1) is 15.2. The Balaban J connectivity index is 1.84. The van der Waals surface area contributed by atoms with Gasteiger partial charge in [-0.05, 0) is 58.7 Å². The van der Waals surface area contributed by atoms with Crippen molar-refractivity contribution in [2.24, 2.45) is 0 Å². The highest BCUT2D eigenvalue weighted by molar-refractivity contribution is 9.10. The minimum Gasteiger partial charge on any atom is -0.366 e. The van der Waals surface area contributed by atoms with Crippen molar-refractivity contribution in [3.8, 4) is 0 Å². The lowest BCUT2D eigenvalue weighted by Crippen LogP contribution is -2.34. The van der Waals surface area contributed by atoms with Crippen molar-refractivity contribution in [3.63, 3.8) is 0 Å². The van der Waals surface area contributed by atoms with Crippen LogP contribution in [0.15, 0.2) is 45.3 Å². The smallest absolute Gasteiger partial charge is 0.300 e. The first-order chi connectivity index (χ1) is 10.5. The molecule has 0 aliphatic carbocycles. The number of hydrogen-bond acceptors (Lipinski definition) is 3. The monoisotopic (exact) mass is 422 g/mol. The minimum absolute atomic E-state index is 0.237. The quantitative estimate of drug-likeness (QED) is 0.755. The number of fused-ring (bicyclic) bond motifs is 1. The molecule has 0 unspecified atom stereocenters. The van der Waals surface area contributed by atoms with E-state index in [1.54, 1.807) is 12.1 Å². The van der Waals surface area contributed by atoms with E-state index in [0.29, 0.717) is 11.3 Å². The summed E-state index contributed by atoms with van der Waals surface area (Å²) in [5.74, 6) is -0.982. The number of nitrogens with zero attached hydrogens (tertiary/aromatic N) is 1. The van der Waals surface area contributed by atoms with Crippen molar-refractivity contribution in [1.29, 1.82) is 0 Å². The maximum atomic E-state index is 12.1. The average molecular weight is 424 g/mol. The first-order valence-electron chi connectivity index (χ1n) is 6.63. The second-order valence-electron chi connectivity index (χ2n) is 5.04. The van der Waals surface area contributed by atoms with Crippen LogP contribution in [-0.4, -0.2) is 18.4 Å². The Morgan fingerprint density at radius 3 is 2.59 bits per heavy atom. The van der Waals surface area contributed by atoms with Crippen LogP contribution in [0.4, 0.5) is 11.4 Å². The highest BCUT2D eigenvalue weighted by Gasteiger charge is 2.35. The topological polar surface area (TPSA) is 49.4 Å². The molecule has 2 aromatic rings. The number of ketones is 1. The molecule has 6 heteroatoms. The van der Waals surface area contributed by atoms with Crippen molar-refractivity contribution < 1.29 is 9.59 Å². The summed E-state index contributed by atoms with van der Waals surface area (Å²) in [5.41, 5.74) is 3.08. The third-order valence-electron chi connectivity index (χ3n) is 3.49. The van der Waals surface area contributed by atoms with Crippen LogP contribution in [0.25, 0.3) is 0 Å². The van der Waals surface area contributed by atoms with Gasteiger partial charge in [0.2, 0.25) is 0 Å². The average Bonchev–Trinajstić information content (AvgIpc) is 2.71. The number of carbonyl (C=O) groups is 2. The van der Waals surface area contributed by atoms with Gasteiger partial charge >= 0.3 is 5.91 Å². The molecule has 0 radical (unpaired) electrons. The fourth-order valence-corrected chi connectivity index (χ4v) is 3.35. The molecule has 4 nitrogen and oxygen atoms in total. The molecule has 2 aromatic carbocycles. The molecule has 0 spiro atoms. The van der Waals surface area contributed by atoms with E-state index in [9.17, 15) is 9.59 Å². The second-order valence-corrected chi connectivity index (χ2v) is 6.81. The molecule has 0 saturated heterocycles. The standard InChI is InChI=1S/C16H12Br2N2O2/c1-9-2-4-13(12(18)6-9)19-8-20-14-5-3-10(17)7-11(14)15(21)16(20)22/h2-7,19H,8H2,1H3. The van der Waals surface area contributed by atoms with Gasteiger partial charge < -0.3 is 5.32 Å². The lowest BCUT2D eigenvalue weighted by atomic mass is 10.1. The summed E-state index contributed by atoms with van der Waals surface area (Å²) in [6, 6.07) is 11.2. The van der Waals surface area contributed by atoms with Crippen LogP contribution in [0.3, 0.4) is 0 Å². The van der Waals surface area contributed by atoms with E-state index in [2.05, 4.69) is 37.2 Å². The molecule has 1 aliphatic rings. The van der Waals surface area contributed by atoms with Gasteiger partial charge in [-0.3, -0.25) is 14.5 Å². The molecule has 0 saturated carbocycles. The van der Waals surface area contributed by atoms with E-state index in [4.69, 9.17) is 0 Å². The Labute approximate surface area is 144 Å². The molecule has 0 atom stereocenters. The number of nitrogens with one attached hydrogen (secondary N) is 1. The number of benzene rings is 2. The van der Waals surface area contributed by atoms with Gasteiger partial charge in [0.25, 0.3) is 5.78 Å². The van der Waals surface area contributed by atoms with Crippen LogP contribution in [0.5, 0.6) is 0 Å². The van der Waals surface area contributed by atoms with Crippen molar-refractivity contribution >= 4 is 54.9 Å². The molecule has 0 bridgehead atoms. The number of amides is 1. The van der Waals surface area contributed by atoms with Gasteiger partial charge in [-0.1, -0.05) is 22.0 Å². The molecule has 22 heavy (non-hydrogen) atoms. The fourth-order valence-electron chi connectivity index (χ4n) is 2.36. The molecule has 112 valence electrons. The second kappa shape index (κ2) is 5.85. The summed E-state index contributed by atoms with van der Waals surface area (Å²) in [6.07, 6.45) is 0. The van der Waals surface area contributed by atoms with Gasteiger partial charge in [0.05, 0.1) is 17.9 Å². The summed E-state index contributed by atoms with van der Waals surface area (Å²) in [4.78, 5) is 25.6. The van der Waals surface area contributed by atoms with Crippen LogP contribution in [-0.2, 0) is 4.79 Å². The van der Waals surface area contributed by atoms with Crippen molar-refractivity contribution in [2.45, 2.75) is 6.92 Å². The maximum Gasteiger partial charge on any atom is 0.300 e. The molecular weight excluding hydrogens is 412 g/mol. The number of halogens is 2. The van der Waals surface area contributed by atoms with Crippen molar-refractivity contribution in [1.82, 2.24) is 0 Å². The fraction of sp³-hybridized carbons (Fsp3) is 0.125. The molecule has 0 fully saturated rings. The van der Waals surface area contributed by atoms with E-state index in [1.165, 1.54) is 4.90 Å². The molecule has 0 aromatic heterocycles. The normalized spacial score (nSPS) is 13.5. The third kappa shape index (κ3) is 2.68. The Kier molecular flexibility index (Phi) is 4.06. The van der Waals surface area contributed by atoms with Crippen molar-refractivity contribution in [2.75, 3.05) is 16.9 Å². The van der Waals surface area contributed by atoms with Crippen LogP contribution in [0, 0.1) is 6.92 Å². The zero-order chi connectivity index (χ0) is 15.9. The molecule has 1 N–H and O–H groups in total. The number of carbonyl (C=O) groups excluding carboxylic acids is 2. The van der Waals surface area contributed by atoms with E-state index < -0.39 is 11.7 Å². The molecule has 3 rings (SSSR count). The number of rotatable bonds is 3. The van der Waals surface area contributed by atoms with Crippen LogP contribution in [0.1, 0.15) is 15.9 Å². The van der Waals surface area contributed by atoms with E-state index in [0.717, 1.165) is 20.2 Å². The highest BCUT2D eigenvalue weighted by Crippen LogP contribution is 2.31. The maximum absolute atomic E-state index is 12.1. The zero-order valence-electron chi connectivity index (χ0n) is 11.7. The minimum atomic E-state index is -0.510. The van der Waals surface area contributed by atoms with Gasteiger partial charge in [0.15, 0.2) is 0 Å². The summed E-state index contributed by atoms with van der Waals surface area (Å²) < 4.78 is 1.70. The number of anilines is 2. The van der Waals surface area contributed by atoms with Crippen LogP contribution >= 0.6 is 31.9 Å². The lowest BCUT2D eigenvalue weighted by molar-refractivity contribution is -0.114. The molecule has 1 heterocycles. The van der Waals surface area contributed by atoms with E-state index in [-0.39, 0.29) is 6.67 Å². The SMILES string of the molecule is Cc1ccc(NCN2C(=O)C(=O)c3cc(Br)ccc32)c(Br)c1. The molecular formula is C16H12Br2N2O2.